The maximum Gasteiger partial charge on any atom is 0.134 e. The van der Waals surface area contributed by atoms with E-state index in [9.17, 15) is 5.11 Å². The van der Waals surface area contributed by atoms with Crippen molar-refractivity contribution in [2.75, 3.05) is 82.0 Å². The number of hydrogen-bond acceptors (Lipinski definition) is 8. The molecule has 0 atom stereocenters. The van der Waals surface area contributed by atoms with Crippen LogP contribution in [0.3, 0.4) is 0 Å². The normalized spacial score (nSPS) is 24.2. The van der Waals surface area contributed by atoms with Crippen LogP contribution in [0.4, 0.5) is 11.6 Å². The van der Waals surface area contributed by atoms with Gasteiger partial charge < -0.3 is 24.4 Å². The van der Waals surface area contributed by atoms with E-state index in [1.165, 1.54) is 0 Å². The summed E-state index contributed by atoms with van der Waals surface area (Å²) in [5, 5.41) is 10.8. The van der Waals surface area contributed by atoms with E-state index in [1.807, 2.05) is 6.92 Å². The highest BCUT2D eigenvalue weighted by Gasteiger charge is 2.33. The number of aromatic nitrogens is 2. The second-order valence-corrected chi connectivity index (χ2v) is 7.83. The van der Waals surface area contributed by atoms with Crippen molar-refractivity contribution in [3.8, 4) is 0 Å². The summed E-state index contributed by atoms with van der Waals surface area (Å²) in [5.74, 6) is 2.82. The molecule has 1 aromatic heterocycles. The molecule has 0 saturated carbocycles. The van der Waals surface area contributed by atoms with Crippen molar-refractivity contribution in [3.63, 3.8) is 0 Å². The second kappa shape index (κ2) is 8.26. The number of aliphatic hydroxyl groups is 1. The Balaban J connectivity index is 1.37. The van der Waals surface area contributed by atoms with Gasteiger partial charge in [-0.05, 0) is 6.92 Å². The molecule has 0 spiro atoms. The van der Waals surface area contributed by atoms with Crippen LogP contribution in [-0.4, -0.2) is 97.8 Å². The first-order valence-electron chi connectivity index (χ1n) is 10.1. The number of piperazine rings is 1. The molecule has 0 bridgehead atoms. The largest absolute Gasteiger partial charge is 0.388 e. The van der Waals surface area contributed by atoms with E-state index in [1.54, 1.807) is 0 Å². The van der Waals surface area contributed by atoms with Crippen molar-refractivity contribution in [1.82, 2.24) is 14.9 Å². The third-order valence-corrected chi connectivity index (χ3v) is 5.78. The number of ether oxygens (including phenoxy) is 2. The summed E-state index contributed by atoms with van der Waals surface area (Å²) in [6.07, 6.45) is 1.47. The van der Waals surface area contributed by atoms with E-state index in [4.69, 9.17) is 9.47 Å². The zero-order valence-corrected chi connectivity index (χ0v) is 16.3. The van der Waals surface area contributed by atoms with Gasteiger partial charge in [0, 0.05) is 77.9 Å². The van der Waals surface area contributed by atoms with E-state index >= 15 is 0 Å². The average Bonchev–Trinajstić information content (AvgIpc) is 2.69. The molecule has 0 aliphatic carbocycles. The minimum absolute atomic E-state index is 0.588. The molecule has 3 saturated heterocycles. The van der Waals surface area contributed by atoms with E-state index < -0.39 is 5.60 Å². The number of nitrogens with zero attached hydrogens (tertiary/aromatic N) is 5. The summed E-state index contributed by atoms with van der Waals surface area (Å²) in [5.41, 5.74) is -0.588. The fraction of sp³-hybridized carbons (Fsp3) is 0.789. The molecular formula is C19H31N5O3. The number of aryl methyl sites for hydroxylation is 1. The molecule has 0 aromatic carbocycles. The molecule has 0 unspecified atom stereocenters. The van der Waals surface area contributed by atoms with Crippen molar-refractivity contribution in [1.29, 1.82) is 0 Å². The van der Waals surface area contributed by atoms with Gasteiger partial charge in [0.15, 0.2) is 0 Å². The molecule has 3 aliphatic heterocycles. The summed E-state index contributed by atoms with van der Waals surface area (Å²) < 4.78 is 10.8. The lowest BCUT2D eigenvalue weighted by Crippen LogP contribution is -2.53. The lowest BCUT2D eigenvalue weighted by molar-refractivity contribution is -0.0802. The SMILES string of the molecule is Cc1nc(N2CCOCC2)cc(N2CCN(CC3(O)CCOCC3)CC2)n1. The van der Waals surface area contributed by atoms with Crippen LogP contribution in [0, 0.1) is 6.92 Å². The quantitative estimate of drug-likeness (QED) is 0.802. The first-order valence-corrected chi connectivity index (χ1v) is 10.1. The highest BCUT2D eigenvalue weighted by molar-refractivity contribution is 5.51. The molecule has 4 rings (SSSR count). The van der Waals surface area contributed by atoms with E-state index in [0.717, 1.165) is 89.3 Å². The smallest absolute Gasteiger partial charge is 0.134 e. The molecular weight excluding hydrogens is 346 g/mol. The monoisotopic (exact) mass is 377 g/mol. The van der Waals surface area contributed by atoms with Crippen molar-refractivity contribution in [2.24, 2.45) is 0 Å². The Morgan fingerprint density at radius 2 is 1.44 bits per heavy atom. The summed E-state index contributed by atoms with van der Waals surface area (Å²) in [7, 11) is 0. The van der Waals surface area contributed by atoms with Crippen molar-refractivity contribution >= 4 is 11.6 Å². The lowest BCUT2D eigenvalue weighted by Gasteiger charge is -2.41. The van der Waals surface area contributed by atoms with Gasteiger partial charge in [0.05, 0.1) is 18.8 Å². The van der Waals surface area contributed by atoms with Crippen molar-refractivity contribution < 1.29 is 14.6 Å². The Kier molecular flexibility index (Phi) is 5.77. The summed E-state index contributed by atoms with van der Waals surface area (Å²) in [6.45, 7) is 11.0. The topological polar surface area (TPSA) is 74.2 Å². The molecule has 1 aromatic rings. The highest BCUT2D eigenvalue weighted by atomic mass is 16.5. The van der Waals surface area contributed by atoms with Crippen LogP contribution in [0.1, 0.15) is 18.7 Å². The van der Waals surface area contributed by atoms with E-state index in [0.29, 0.717) is 13.2 Å². The Bertz CT molecular complexity index is 624. The van der Waals surface area contributed by atoms with Crippen LogP contribution < -0.4 is 9.80 Å². The van der Waals surface area contributed by atoms with Crippen LogP contribution in [0.15, 0.2) is 6.07 Å². The van der Waals surface area contributed by atoms with Crippen LogP contribution in [-0.2, 0) is 9.47 Å². The van der Waals surface area contributed by atoms with Gasteiger partial charge in [-0.2, -0.15) is 0 Å². The standard InChI is InChI=1S/C19H31N5O3/c1-16-20-17(14-18(21-16)24-8-12-27-13-9-24)23-6-4-22(5-7-23)15-19(25)2-10-26-11-3-19/h14,25H,2-13,15H2,1H3. The molecule has 1 N–H and O–H groups in total. The van der Waals surface area contributed by atoms with Gasteiger partial charge in [-0.15, -0.1) is 0 Å². The predicted molar refractivity (Wildman–Crippen MR) is 103 cm³/mol. The first kappa shape index (κ1) is 18.9. The van der Waals surface area contributed by atoms with Gasteiger partial charge >= 0.3 is 0 Å². The molecule has 150 valence electrons. The van der Waals surface area contributed by atoms with Gasteiger partial charge in [-0.25, -0.2) is 9.97 Å². The zero-order chi connectivity index (χ0) is 18.7. The Morgan fingerprint density at radius 1 is 0.889 bits per heavy atom. The number of anilines is 2. The molecule has 0 radical (unpaired) electrons. The van der Waals surface area contributed by atoms with Gasteiger partial charge in [-0.3, -0.25) is 4.90 Å². The van der Waals surface area contributed by atoms with Crippen molar-refractivity contribution in [2.45, 2.75) is 25.4 Å². The third kappa shape index (κ3) is 4.68. The van der Waals surface area contributed by atoms with Gasteiger partial charge in [-0.1, -0.05) is 0 Å². The van der Waals surface area contributed by atoms with Gasteiger partial charge in [0.25, 0.3) is 0 Å². The zero-order valence-electron chi connectivity index (χ0n) is 16.3. The number of morpholine rings is 1. The maximum atomic E-state index is 10.8. The Morgan fingerprint density at radius 3 is 2.07 bits per heavy atom. The van der Waals surface area contributed by atoms with Crippen molar-refractivity contribution in [3.05, 3.63) is 11.9 Å². The molecule has 4 heterocycles. The number of hydrogen-bond donors (Lipinski definition) is 1. The molecule has 8 heteroatoms. The van der Waals surface area contributed by atoms with E-state index in [2.05, 4.69) is 30.7 Å². The second-order valence-electron chi connectivity index (χ2n) is 7.83. The maximum absolute atomic E-state index is 10.8. The van der Waals surface area contributed by atoms with Crippen LogP contribution in [0.25, 0.3) is 0 Å². The third-order valence-electron chi connectivity index (χ3n) is 5.78. The summed E-state index contributed by atoms with van der Waals surface area (Å²) in [6, 6.07) is 2.11. The average molecular weight is 377 g/mol. The number of β-amino-alcohol motifs (C(OH)–C–C–N with tert-alkyl or cyclic N) is 1. The number of rotatable bonds is 4. The fourth-order valence-electron chi connectivity index (χ4n) is 4.11. The molecule has 3 aliphatic rings. The predicted octanol–water partition coefficient (Wildman–Crippen LogP) is 0.285. The Labute approximate surface area is 161 Å². The fourth-order valence-corrected chi connectivity index (χ4v) is 4.11. The highest BCUT2D eigenvalue weighted by Crippen LogP contribution is 2.24. The molecule has 3 fully saturated rings. The summed E-state index contributed by atoms with van der Waals surface area (Å²) in [4.78, 5) is 16.3. The van der Waals surface area contributed by atoms with Crippen LogP contribution in [0.5, 0.6) is 0 Å². The summed E-state index contributed by atoms with van der Waals surface area (Å²) >= 11 is 0. The van der Waals surface area contributed by atoms with Gasteiger partial charge in [0.1, 0.15) is 17.5 Å². The molecule has 0 amide bonds. The van der Waals surface area contributed by atoms with Crippen LogP contribution in [0.2, 0.25) is 0 Å². The van der Waals surface area contributed by atoms with Gasteiger partial charge in [0.2, 0.25) is 0 Å². The Hall–Kier alpha value is -1.48. The molecule has 27 heavy (non-hydrogen) atoms. The first-order chi connectivity index (χ1) is 13.1. The van der Waals surface area contributed by atoms with E-state index in [-0.39, 0.29) is 0 Å². The lowest BCUT2D eigenvalue weighted by atomic mass is 9.93. The minimum atomic E-state index is -0.588. The molecule has 8 nitrogen and oxygen atoms in total. The minimum Gasteiger partial charge on any atom is -0.388 e. The van der Waals surface area contributed by atoms with Crippen LogP contribution >= 0.6 is 0 Å².